The lowest BCUT2D eigenvalue weighted by molar-refractivity contribution is -0.137. The first-order valence-corrected chi connectivity index (χ1v) is 6.63. The number of hydrogen-bond donors (Lipinski definition) is 3. The number of fused-ring (bicyclic) bond motifs is 1. The van der Waals surface area contributed by atoms with Gasteiger partial charge in [-0.25, -0.2) is 0 Å². The van der Waals surface area contributed by atoms with Gasteiger partial charge in [0.2, 0.25) is 0 Å². The molecule has 5 heteroatoms. The third-order valence-electron chi connectivity index (χ3n) is 3.37. The monoisotopic (exact) mass is 274 g/mol. The molecule has 0 aliphatic rings. The van der Waals surface area contributed by atoms with Gasteiger partial charge in [-0.05, 0) is 19.4 Å². The molecule has 2 aromatic rings. The van der Waals surface area contributed by atoms with E-state index in [-0.39, 0.29) is 18.4 Å². The number of carboxylic acid groups (broad SMARTS) is 1. The molecular formula is C15H18N2O3. The fourth-order valence-corrected chi connectivity index (χ4v) is 2.34. The van der Waals surface area contributed by atoms with Gasteiger partial charge in [0.25, 0.3) is 5.91 Å². The van der Waals surface area contributed by atoms with E-state index < -0.39 is 5.97 Å². The largest absolute Gasteiger partial charge is 0.481 e. The molecule has 5 nitrogen and oxygen atoms in total. The van der Waals surface area contributed by atoms with Crippen molar-refractivity contribution in [3.8, 4) is 0 Å². The number of aryl methyl sites for hydroxylation is 1. The Kier molecular flexibility index (Phi) is 4.08. The number of carbonyl (C=O) groups is 2. The van der Waals surface area contributed by atoms with E-state index in [1.54, 1.807) is 0 Å². The van der Waals surface area contributed by atoms with Crippen molar-refractivity contribution in [2.24, 2.45) is 0 Å². The number of carboxylic acids is 1. The van der Waals surface area contributed by atoms with E-state index in [0.29, 0.717) is 12.0 Å². The molecule has 0 aliphatic heterocycles. The Morgan fingerprint density at radius 2 is 2.05 bits per heavy atom. The van der Waals surface area contributed by atoms with E-state index in [0.717, 1.165) is 16.6 Å². The molecule has 2 rings (SSSR count). The number of aromatic amines is 1. The zero-order chi connectivity index (χ0) is 14.7. The first-order chi connectivity index (χ1) is 9.52. The van der Waals surface area contributed by atoms with Crippen LogP contribution in [0.4, 0.5) is 0 Å². The van der Waals surface area contributed by atoms with E-state index in [1.165, 1.54) is 0 Å². The van der Waals surface area contributed by atoms with E-state index in [1.807, 2.05) is 38.1 Å². The minimum absolute atomic E-state index is 0.0658. The SMILES string of the molecule is CCC(CC(=O)O)NC(=O)c1c(C)[nH]c2ccccc12. The topological polar surface area (TPSA) is 82.2 Å². The number of rotatable bonds is 5. The van der Waals surface area contributed by atoms with Gasteiger partial charge in [-0.3, -0.25) is 9.59 Å². The summed E-state index contributed by atoms with van der Waals surface area (Å²) in [5.41, 5.74) is 2.28. The molecule has 1 amide bonds. The van der Waals surface area contributed by atoms with Gasteiger partial charge < -0.3 is 15.4 Å². The molecule has 1 aromatic carbocycles. The molecule has 0 aliphatic carbocycles. The standard InChI is InChI=1S/C15H18N2O3/c1-3-10(8-13(18)19)17-15(20)14-9(2)16-12-7-5-4-6-11(12)14/h4-7,10,16H,3,8H2,1-2H3,(H,17,20)(H,18,19). The van der Waals surface area contributed by atoms with Crippen molar-refractivity contribution < 1.29 is 14.7 Å². The van der Waals surface area contributed by atoms with Gasteiger partial charge >= 0.3 is 5.97 Å². The lowest BCUT2D eigenvalue weighted by atomic mass is 10.1. The third kappa shape index (κ3) is 2.82. The van der Waals surface area contributed by atoms with Crippen LogP contribution in [0.3, 0.4) is 0 Å². The maximum Gasteiger partial charge on any atom is 0.305 e. The number of aliphatic carboxylic acids is 1. The molecule has 0 spiro atoms. The molecule has 3 N–H and O–H groups in total. The second-order valence-electron chi connectivity index (χ2n) is 4.85. The van der Waals surface area contributed by atoms with Gasteiger partial charge in [-0.15, -0.1) is 0 Å². The smallest absolute Gasteiger partial charge is 0.305 e. The van der Waals surface area contributed by atoms with Crippen LogP contribution in [0.2, 0.25) is 0 Å². The Labute approximate surface area is 117 Å². The van der Waals surface area contributed by atoms with Crippen molar-refractivity contribution >= 4 is 22.8 Å². The number of aromatic nitrogens is 1. The highest BCUT2D eigenvalue weighted by Crippen LogP contribution is 2.21. The predicted molar refractivity (Wildman–Crippen MR) is 76.8 cm³/mol. The van der Waals surface area contributed by atoms with Gasteiger partial charge in [0.1, 0.15) is 0 Å². The summed E-state index contributed by atoms with van der Waals surface area (Å²) in [6.07, 6.45) is 0.517. The Hall–Kier alpha value is -2.30. The molecule has 0 bridgehead atoms. The Balaban J connectivity index is 2.27. The van der Waals surface area contributed by atoms with E-state index >= 15 is 0 Å². The highest BCUT2D eigenvalue weighted by atomic mass is 16.4. The highest BCUT2D eigenvalue weighted by molar-refractivity contribution is 6.08. The molecule has 1 heterocycles. The Morgan fingerprint density at radius 1 is 1.35 bits per heavy atom. The van der Waals surface area contributed by atoms with E-state index in [9.17, 15) is 9.59 Å². The number of hydrogen-bond acceptors (Lipinski definition) is 2. The van der Waals surface area contributed by atoms with Crippen molar-refractivity contribution in [1.29, 1.82) is 0 Å². The average Bonchev–Trinajstić information content (AvgIpc) is 2.73. The number of para-hydroxylation sites is 1. The molecule has 0 saturated carbocycles. The Morgan fingerprint density at radius 3 is 2.70 bits per heavy atom. The minimum Gasteiger partial charge on any atom is -0.481 e. The van der Waals surface area contributed by atoms with Crippen LogP contribution < -0.4 is 5.32 Å². The molecule has 1 atom stereocenters. The molecule has 0 radical (unpaired) electrons. The number of carbonyl (C=O) groups excluding carboxylic acids is 1. The normalized spacial score (nSPS) is 12.3. The molecule has 1 unspecified atom stereocenters. The van der Waals surface area contributed by atoms with Crippen LogP contribution in [-0.4, -0.2) is 28.0 Å². The third-order valence-corrected chi connectivity index (χ3v) is 3.37. The maximum absolute atomic E-state index is 12.4. The molecule has 0 saturated heterocycles. The van der Waals surface area contributed by atoms with Crippen LogP contribution in [0, 0.1) is 6.92 Å². The summed E-state index contributed by atoms with van der Waals surface area (Å²) in [6, 6.07) is 7.22. The molecule has 20 heavy (non-hydrogen) atoms. The number of H-pyrrole nitrogens is 1. The number of amides is 1. The second-order valence-corrected chi connectivity index (χ2v) is 4.85. The average molecular weight is 274 g/mol. The van der Waals surface area contributed by atoms with Gasteiger partial charge in [-0.2, -0.15) is 0 Å². The highest BCUT2D eigenvalue weighted by Gasteiger charge is 2.19. The summed E-state index contributed by atoms with van der Waals surface area (Å²) in [4.78, 5) is 26.3. The molecule has 0 fully saturated rings. The molecule has 1 aromatic heterocycles. The minimum atomic E-state index is -0.909. The second kappa shape index (κ2) is 5.77. The van der Waals surface area contributed by atoms with Crippen LogP contribution >= 0.6 is 0 Å². The van der Waals surface area contributed by atoms with Crippen LogP contribution in [0.15, 0.2) is 24.3 Å². The molecular weight excluding hydrogens is 256 g/mol. The molecule has 106 valence electrons. The fraction of sp³-hybridized carbons (Fsp3) is 0.333. The summed E-state index contributed by atoms with van der Waals surface area (Å²) in [5, 5.41) is 12.5. The van der Waals surface area contributed by atoms with Gasteiger partial charge in [0, 0.05) is 22.6 Å². The summed E-state index contributed by atoms with van der Waals surface area (Å²) in [7, 11) is 0. The van der Waals surface area contributed by atoms with Crippen LogP contribution in [0.1, 0.15) is 35.8 Å². The zero-order valence-electron chi connectivity index (χ0n) is 11.6. The predicted octanol–water partition coefficient (Wildman–Crippen LogP) is 2.46. The maximum atomic E-state index is 12.4. The van der Waals surface area contributed by atoms with Crippen LogP contribution in [0.25, 0.3) is 10.9 Å². The zero-order valence-corrected chi connectivity index (χ0v) is 11.6. The van der Waals surface area contributed by atoms with Crippen molar-refractivity contribution in [3.05, 3.63) is 35.5 Å². The Bertz CT molecular complexity index is 646. The summed E-state index contributed by atoms with van der Waals surface area (Å²) >= 11 is 0. The van der Waals surface area contributed by atoms with Crippen molar-refractivity contribution in [3.63, 3.8) is 0 Å². The van der Waals surface area contributed by atoms with E-state index in [2.05, 4.69) is 10.3 Å². The summed E-state index contributed by atoms with van der Waals surface area (Å²) in [5.74, 6) is -1.14. The first kappa shape index (κ1) is 14.1. The number of nitrogens with one attached hydrogen (secondary N) is 2. The number of benzene rings is 1. The summed E-state index contributed by atoms with van der Waals surface area (Å²) < 4.78 is 0. The van der Waals surface area contributed by atoms with Gasteiger partial charge in [0.05, 0.1) is 12.0 Å². The van der Waals surface area contributed by atoms with Crippen molar-refractivity contribution in [1.82, 2.24) is 10.3 Å². The van der Waals surface area contributed by atoms with Gasteiger partial charge in [-0.1, -0.05) is 25.1 Å². The lowest BCUT2D eigenvalue weighted by Crippen LogP contribution is -2.36. The quantitative estimate of drug-likeness (QED) is 0.783. The van der Waals surface area contributed by atoms with Crippen molar-refractivity contribution in [2.45, 2.75) is 32.7 Å². The van der Waals surface area contributed by atoms with Gasteiger partial charge in [0.15, 0.2) is 0 Å². The first-order valence-electron chi connectivity index (χ1n) is 6.63. The lowest BCUT2D eigenvalue weighted by Gasteiger charge is -2.14. The fourth-order valence-electron chi connectivity index (χ4n) is 2.34. The van der Waals surface area contributed by atoms with E-state index in [4.69, 9.17) is 5.11 Å². The van der Waals surface area contributed by atoms with Crippen LogP contribution in [0.5, 0.6) is 0 Å². The summed E-state index contributed by atoms with van der Waals surface area (Å²) in [6.45, 7) is 3.70. The van der Waals surface area contributed by atoms with Crippen LogP contribution in [-0.2, 0) is 4.79 Å². The van der Waals surface area contributed by atoms with Crippen molar-refractivity contribution in [2.75, 3.05) is 0 Å².